The fraction of sp³-hybridized carbons (Fsp3) is 0.591. The molecule has 1 aromatic carbocycles. The fourth-order valence-corrected chi connectivity index (χ4v) is 4.16. The second-order valence-electron chi connectivity index (χ2n) is 8.04. The molecule has 2 amide bonds. The molecule has 7 heteroatoms. The lowest BCUT2D eigenvalue weighted by molar-refractivity contribution is -0.136. The third kappa shape index (κ3) is 5.22. The first-order valence-electron chi connectivity index (χ1n) is 10.2. The van der Waals surface area contributed by atoms with Crippen molar-refractivity contribution in [1.29, 1.82) is 0 Å². The Hall–Kier alpha value is -2.25. The lowest BCUT2D eigenvalue weighted by Crippen LogP contribution is -2.45. The molecule has 3 rings (SSSR count). The Labute approximate surface area is 171 Å². The summed E-state index contributed by atoms with van der Waals surface area (Å²) in [6, 6.07) is 6.86. The summed E-state index contributed by atoms with van der Waals surface area (Å²) in [6.45, 7) is 5.41. The minimum Gasteiger partial charge on any atom is -0.382 e. The van der Waals surface area contributed by atoms with E-state index in [1.165, 1.54) is 6.92 Å². The standard InChI is InChI=1S/C22H30N2O5/c1-17(25)18-3-5-19(6-4-18)21(27)23-10-7-22(8-11-23)9-12-24(16-22)20(26)15-29-14-13-28-2/h3-6H,7-16H2,1-2H3. The van der Waals surface area contributed by atoms with Gasteiger partial charge in [0.1, 0.15) is 6.61 Å². The number of hydrogen-bond donors (Lipinski definition) is 0. The smallest absolute Gasteiger partial charge is 0.253 e. The Balaban J connectivity index is 1.49. The van der Waals surface area contributed by atoms with Crippen molar-refractivity contribution < 1.29 is 23.9 Å². The van der Waals surface area contributed by atoms with Crippen molar-refractivity contribution >= 4 is 17.6 Å². The second kappa shape index (κ2) is 9.50. The number of methoxy groups -OCH3 is 1. The van der Waals surface area contributed by atoms with Crippen LogP contribution in [-0.4, -0.2) is 80.5 Å². The lowest BCUT2D eigenvalue weighted by atomic mass is 9.77. The Morgan fingerprint density at radius 2 is 1.52 bits per heavy atom. The van der Waals surface area contributed by atoms with Crippen LogP contribution in [0.25, 0.3) is 0 Å². The van der Waals surface area contributed by atoms with Gasteiger partial charge < -0.3 is 19.3 Å². The summed E-state index contributed by atoms with van der Waals surface area (Å²) in [5, 5.41) is 0. The van der Waals surface area contributed by atoms with Crippen molar-refractivity contribution in [1.82, 2.24) is 9.80 Å². The zero-order valence-electron chi connectivity index (χ0n) is 17.3. The molecule has 158 valence electrons. The van der Waals surface area contributed by atoms with E-state index >= 15 is 0 Å². The highest BCUT2D eigenvalue weighted by atomic mass is 16.5. The van der Waals surface area contributed by atoms with E-state index in [0.29, 0.717) is 37.4 Å². The molecule has 0 unspecified atom stereocenters. The van der Waals surface area contributed by atoms with Crippen molar-refractivity contribution in [2.75, 3.05) is 53.1 Å². The minimum absolute atomic E-state index is 0.00616. The van der Waals surface area contributed by atoms with E-state index in [0.717, 1.165) is 32.4 Å². The van der Waals surface area contributed by atoms with Crippen LogP contribution in [0, 0.1) is 5.41 Å². The van der Waals surface area contributed by atoms with Gasteiger partial charge in [-0.15, -0.1) is 0 Å². The maximum absolute atomic E-state index is 12.8. The van der Waals surface area contributed by atoms with Crippen molar-refractivity contribution in [3.8, 4) is 0 Å². The Morgan fingerprint density at radius 1 is 0.931 bits per heavy atom. The van der Waals surface area contributed by atoms with Crippen molar-refractivity contribution in [2.45, 2.75) is 26.2 Å². The summed E-state index contributed by atoms with van der Waals surface area (Å²) in [7, 11) is 1.60. The molecule has 0 bridgehead atoms. The molecule has 7 nitrogen and oxygen atoms in total. The largest absolute Gasteiger partial charge is 0.382 e. The predicted octanol–water partition coefficient (Wildman–Crippen LogP) is 2.01. The molecule has 2 fully saturated rings. The van der Waals surface area contributed by atoms with E-state index in [1.807, 2.05) is 9.80 Å². The van der Waals surface area contributed by atoms with E-state index in [2.05, 4.69) is 0 Å². The average Bonchev–Trinajstić information content (AvgIpc) is 3.15. The molecule has 29 heavy (non-hydrogen) atoms. The van der Waals surface area contributed by atoms with Gasteiger partial charge in [0.25, 0.3) is 5.91 Å². The molecule has 2 aliphatic rings. The van der Waals surface area contributed by atoms with E-state index in [-0.39, 0.29) is 29.6 Å². The number of rotatable bonds is 7. The lowest BCUT2D eigenvalue weighted by Gasteiger charge is -2.39. The summed E-state index contributed by atoms with van der Waals surface area (Å²) in [5.41, 5.74) is 1.33. The highest BCUT2D eigenvalue weighted by Gasteiger charge is 2.42. The molecule has 0 aliphatic carbocycles. The number of hydrogen-bond acceptors (Lipinski definition) is 5. The first kappa shape index (κ1) is 21.5. The topological polar surface area (TPSA) is 76.2 Å². The molecular formula is C22H30N2O5. The van der Waals surface area contributed by atoms with E-state index < -0.39 is 0 Å². The summed E-state index contributed by atoms with van der Waals surface area (Å²) in [5.74, 6) is 0.0304. The van der Waals surface area contributed by atoms with Crippen LogP contribution in [0.3, 0.4) is 0 Å². The van der Waals surface area contributed by atoms with E-state index in [9.17, 15) is 14.4 Å². The zero-order valence-corrected chi connectivity index (χ0v) is 17.3. The number of ketones is 1. The number of nitrogens with zero attached hydrogens (tertiary/aromatic N) is 2. The number of likely N-dealkylation sites (tertiary alicyclic amines) is 2. The van der Waals surface area contributed by atoms with Crippen LogP contribution in [0.2, 0.25) is 0 Å². The van der Waals surface area contributed by atoms with Crippen molar-refractivity contribution in [2.24, 2.45) is 5.41 Å². The summed E-state index contributed by atoms with van der Waals surface area (Å²) in [4.78, 5) is 40.3. The molecule has 1 spiro atoms. The van der Waals surface area contributed by atoms with Crippen LogP contribution in [0.1, 0.15) is 46.9 Å². The third-order valence-corrected chi connectivity index (χ3v) is 6.10. The molecule has 2 aliphatic heterocycles. The maximum Gasteiger partial charge on any atom is 0.253 e. The molecule has 2 heterocycles. The molecule has 0 atom stereocenters. The average molecular weight is 402 g/mol. The van der Waals surface area contributed by atoms with Gasteiger partial charge in [0, 0.05) is 44.4 Å². The van der Waals surface area contributed by atoms with Gasteiger partial charge >= 0.3 is 0 Å². The van der Waals surface area contributed by atoms with Crippen LogP contribution in [0.4, 0.5) is 0 Å². The number of carbonyl (C=O) groups is 3. The monoisotopic (exact) mass is 402 g/mol. The van der Waals surface area contributed by atoms with Gasteiger partial charge in [-0.1, -0.05) is 12.1 Å². The van der Waals surface area contributed by atoms with Crippen LogP contribution in [0.15, 0.2) is 24.3 Å². The van der Waals surface area contributed by atoms with Gasteiger partial charge in [-0.3, -0.25) is 14.4 Å². The fourth-order valence-electron chi connectivity index (χ4n) is 4.16. The Morgan fingerprint density at radius 3 is 2.10 bits per heavy atom. The number of carbonyl (C=O) groups excluding carboxylic acids is 3. The van der Waals surface area contributed by atoms with Crippen molar-refractivity contribution in [3.05, 3.63) is 35.4 Å². The zero-order chi connectivity index (χ0) is 20.9. The quantitative estimate of drug-likeness (QED) is 0.515. The molecule has 1 aromatic rings. The number of amides is 2. The van der Waals surface area contributed by atoms with Crippen molar-refractivity contribution in [3.63, 3.8) is 0 Å². The van der Waals surface area contributed by atoms with Crippen LogP contribution in [-0.2, 0) is 14.3 Å². The summed E-state index contributed by atoms with van der Waals surface area (Å²) < 4.78 is 10.3. The van der Waals surface area contributed by atoms with Gasteiger partial charge in [0.15, 0.2) is 5.78 Å². The third-order valence-electron chi connectivity index (χ3n) is 6.10. The highest BCUT2D eigenvalue weighted by molar-refractivity contribution is 5.97. The van der Waals surface area contributed by atoms with Gasteiger partial charge in [0.05, 0.1) is 13.2 Å². The molecular weight excluding hydrogens is 372 g/mol. The van der Waals surface area contributed by atoms with Crippen LogP contribution in [0.5, 0.6) is 0 Å². The highest BCUT2D eigenvalue weighted by Crippen LogP contribution is 2.40. The number of ether oxygens (including phenoxy) is 2. The molecule has 0 N–H and O–H groups in total. The SMILES string of the molecule is COCCOCC(=O)N1CCC2(CCN(C(=O)c3ccc(C(C)=O)cc3)CC2)C1. The van der Waals surface area contributed by atoms with E-state index in [1.54, 1.807) is 31.4 Å². The van der Waals surface area contributed by atoms with Gasteiger partial charge in [-0.25, -0.2) is 0 Å². The molecule has 0 aromatic heterocycles. The minimum atomic E-state index is -0.00616. The van der Waals surface area contributed by atoms with Crippen LogP contribution >= 0.6 is 0 Å². The maximum atomic E-state index is 12.8. The van der Waals surface area contributed by atoms with Crippen LogP contribution < -0.4 is 0 Å². The van der Waals surface area contributed by atoms with E-state index in [4.69, 9.17) is 9.47 Å². The normalized spacial score (nSPS) is 18.3. The summed E-state index contributed by atoms with van der Waals surface area (Å²) >= 11 is 0. The van der Waals surface area contributed by atoms with Gasteiger partial charge in [-0.2, -0.15) is 0 Å². The van der Waals surface area contributed by atoms with Gasteiger partial charge in [0.2, 0.25) is 5.91 Å². The predicted molar refractivity (Wildman–Crippen MR) is 108 cm³/mol. The second-order valence-corrected chi connectivity index (χ2v) is 8.04. The number of benzene rings is 1. The number of piperidine rings is 1. The molecule has 0 radical (unpaired) electrons. The Kier molecular flexibility index (Phi) is 7.03. The first-order chi connectivity index (χ1) is 13.9. The summed E-state index contributed by atoms with van der Waals surface area (Å²) in [6.07, 6.45) is 2.78. The number of Topliss-reactive ketones (excluding diaryl/α,β-unsaturated/α-hetero) is 1. The first-order valence-corrected chi connectivity index (χ1v) is 10.2. The molecule has 0 saturated carbocycles. The molecule has 2 saturated heterocycles. The van der Waals surface area contributed by atoms with Gasteiger partial charge in [-0.05, 0) is 43.7 Å². The Bertz CT molecular complexity index is 738.